The van der Waals surface area contributed by atoms with Crippen LogP contribution in [0.4, 0.5) is 5.82 Å². The highest BCUT2D eigenvalue weighted by atomic mass is 16.5. The van der Waals surface area contributed by atoms with Crippen molar-refractivity contribution in [3.63, 3.8) is 0 Å². The van der Waals surface area contributed by atoms with Crippen LogP contribution in [0.3, 0.4) is 0 Å². The summed E-state index contributed by atoms with van der Waals surface area (Å²) in [4.78, 5) is 24.8. The van der Waals surface area contributed by atoms with Crippen LogP contribution in [0.25, 0.3) is 0 Å². The average molecular weight is 381 g/mol. The van der Waals surface area contributed by atoms with Crippen molar-refractivity contribution in [1.82, 2.24) is 9.72 Å². The fourth-order valence-electron chi connectivity index (χ4n) is 2.95. The topological polar surface area (TPSA) is 86.4 Å². The first kappa shape index (κ1) is 19.4. The van der Waals surface area contributed by atoms with E-state index in [2.05, 4.69) is 15.0 Å². The quantitative estimate of drug-likeness (QED) is 0.659. The summed E-state index contributed by atoms with van der Waals surface area (Å²) in [6.45, 7) is 7.71. The SMILES string of the molecule is Cc1cc(NC(=O)C(C)OC(=O)c2cc(C)n(Cc3ccccc3)c2C)no1. The number of hydrogen-bond donors (Lipinski definition) is 1. The molecule has 0 bridgehead atoms. The van der Waals surface area contributed by atoms with E-state index >= 15 is 0 Å². The zero-order chi connectivity index (χ0) is 20.3. The highest BCUT2D eigenvalue weighted by Gasteiger charge is 2.23. The van der Waals surface area contributed by atoms with E-state index in [-0.39, 0.29) is 5.82 Å². The van der Waals surface area contributed by atoms with E-state index in [1.807, 2.05) is 44.2 Å². The number of carbonyl (C=O) groups is 2. The van der Waals surface area contributed by atoms with Gasteiger partial charge in [-0.25, -0.2) is 4.79 Å². The molecule has 1 N–H and O–H groups in total. The minimum absolute atomic E-state index is 0.284. The van der Waals surface area contributed by atoms with Crippen LogP contribution in [-0.2, 0) is 16.1 Å². The van der Waals surface area contributed by atoms with E-state index in [9.17, 15) is 9.59 Å². The molecule has 0 aliphatic heterocycles. The first-order chi connectivity index (χ1) is 13.3. The normalized spacial score (nSPS) is 11.9. The third-order valence-corrected chi connectivity index (χ3v) is 4.51. The molecule has 0 saturated heterocycles. The van der Waals surface area contributed by atoms with E-state index in [0.717, 1.165) is 17.0 Å². The second kappa shape index (κ2) is 8.12. The Bertz CT molecular complexity index is 989. The Hall–Kier alpha value is -3.35. The summed E-state index contributed by atoms with van der Waals surface area (Å²) in [5.74, 6) is -0.150. The number of rotatable bonds is 6. The van der Waals surface area contributed by atoms with Crippen LogP contribution in [0.1, 0.15) is 40.0 Å². The first-order valence-electron chi connectivity index (χ1n) is 9.01. The lowest BCUT2D eigenvalue weighted by atomic mass is 10.2. The molecule has 28 heavy (non-hydrogen) atoms. The van der Waals surface area contributed by atoms with Gasteiger partial charge in [-0.1, -0.05) is 35.5 Å². The summed E-state index contributed by atoms with van der Waals surface area (Å²) in [6, 6.07) is 13.4. The summed E-state index contributed by atoms with van der Waals surface area (Å²) in [5, 5.41) is 6.25. The van der Waals surface area contributed by atoms with E-state index in [1.165, 1.54) is 6.92 Å². The molecule has 7 nitrogen and oxygen atoms in total. The number of amides is 1. The van der Waals surface area contributed by atoms with Crippen LogP contribution in [0.15, 0.2) is 47.0 Å². The van der Waals surface area contributed by atoms with Crippen molar-refractivity contribution >= 4 is 17.7 Å². The Morgan fingerprint density at radius 3 is 2.54 bits per heavy atom. The predicted octanol–water partition coefficient (Wildman–Crippen LogP) is 3.63. The maximum Gasteiger partial charge on any atom is 0.340 e. The summed E-state index contributed by atoms with van der Waals surface area (Å²) in [5.41, 5.74) is 3.33. The monoisotopic (exact) mass is 381 g/mol. The van der Waals surface area contributed by atoms with Crippen molar-refractivity contribution in [3.05, 3.63) is 70.7 Å². The van der Waals surface area contributed by atoms with E-state index in [1.54, 1.807) is 19.1 Å². The minimum Gasteiger partial charge on any atom is -0.449 e. The molecule has 3 aromatic rings. The number of ether oxygens (including phenoxy) is 1. The zero-order valence-corrected chi connectivity index (χ0v) is 16.4. The van der Waals surface area contributed by atoms with Gasteiger partial charge in [0.15, 0.2) is 11.9 Å². The number of hydrogen-bond acceptors (Lipinski definition) is 5. The smallest absolute Gasteiger partial charge is 0.340 e. The largest absolute Gasteiger partial charge is 0.449 e. The van der Waals surface area contributed by atoms with Gasteiger partial charge >= 0.3 is 5.97 Å². The number of aryl methyl sites for hydroxylation is 2. The Kier molecular flexibility index (Phi) is 5.63. The summed E-state index contributed by atoms with van der Waals surface area (Å²) >= 11 is 0. The van der Waals surface area contributed by atoms with E-state index < -0.39 is 18.0 Å². The summed E-state index contributed by atoms with van der Waals surface area (Å²) in [6.07, 6.45) is -0.971. The molecule has 2 aromatic heterocycles. The second-order valence-electron chi connectivity index (χ2n) is 6.72. The third-order valence-electron chi connectivity index (χ3n) is 4.51. The molecule has 1 amide bonds. The standard InChI is InChI=1S/C21H23N3O4/c1-13-10-18(15(3)24(13)12-17-8-6-5-7-9-17)21(26)27-16(4)20(25)22-19-11-14(2)28-23-19/h5-11,16H,12H2,1-4H3,(H,22,23,25). The Morgan fingerprint density at radius 2 is 1.89 bits per heavy atom. The van der Waals surface area contributed by atoms with Gasteiger partial charge in [0.2, 0.25) is 0 Å². The minimum atomic E-state index is -0.971. The van der Waals surface area contributed by atoms with Crippen LogP contribution in [0.5, 0.6) is 0 Å². The molecule has 7 heteroatoms. The fraction of sp³-hybridized carbons (Fsp3) is 0.286. The van der Waals surface area contributed by atoms with Gasteiger partial charge in [0, 0.05) is 24.0 Å². The summed E-state index contributed by atoms with van der Waals surface area (Å²) < 4.78 is 12.3. The number of nitrogens with zero attached hydrogens (tertiary/aromatic N) is 2. The van der Waals surface area contributed by atoms with Gasteiger partial charge in [-0.3, -0.25) is 4.79 Å². The second-order valence-corrected chi connectivity index (χ2v) is 6.72. The molecule has 1 unspecified atom stereocenters. The number of esters is 1. The van der Waals surface area contributed by atoms with E-state index in [0.29, 0.717) is 17.9 Å². The molecule has 2 heterocycles. The summed E-state index contributed by atoms with van der Waals surface area (Å²) in [7, 11) is 0. The molecule has 0 spiro atoms. The van der Waals surface area contributed by atoms with Gasteiger partial charge in [-0.2, -0.15) is 0 Å². The maximum absolute atomic E-state index is 12.6. The van der Waals surface area contributed by atoms with Gasteiger partial charge in [0.1, 0.15) is 5.76 Å². The molecule has 0 saturated carbocycles. The average Bonchev–Trinajstić information content (AvgIpc) is 3.20. The van der Waals surface area contributed by atoms with Crippen molar-refractivity contribution in [1.29, 1.82) is 0 Å². The van der Waals surface area contributed by atoms with Crippen LogP contribution < -0.4 is 5.32 Å². The number of nitrogens with one attached hydrogen (secondary N) is 1. The lowest BCUT2D eigenvalue weighted by Gasteiger charge is -2.13. The molecule has 3 rings (SSSR count). The molecular weight excluding hydrogens is 358 g/mol. The molecule has 0 aliphatic rings. The van der Waals surface area contributed by atoms with Gasteiger partial charge in [0.05, 0.1) is 5.56 Å². The van der Waals surface area contributed by atoms with Gasteiger partial charge in [-0.15, -0.1) is 0 Å². The van der Waals surface area contributed by atoms with Crippen molar-refractivity contribution in [2.24, 2.45) is 0 Å². The number of aromatic nitrogens is 2. The Labute approximate surface area is 163 Å². The first-order valence-corrected chi connectivity index (χ1v) is 9.01. The maximum atomic E-state index is 12.6. The molecule has 0 aliphatic carbocycles. The molecule has 146 valence electrons. The van der Waals surface area contributed by atoms with Crippen molar-refractivity contribution < 1.29 is 18.8 Å². The Morgan fingerprint density at radius 1 is 1.18 bits per heavy atom. The number of anilines is 1. The molecule has 0 radical (unpaired) electrons. The van der Waals surface area contributed by atoms with Crippen molar-refractivity contribution in [2.45, 2.75) is 40.3 Å². The number of benzene rings is 1. The highest BCUT2D eigenvalue weighted by Crippen LogP contribution is 2.19. The molecule has 1 atom stereocenters. The predicted molar refractivity (Wildman–Crippen MR) is 104 cm³/mol. The van der Waals surface area contributed by atoms with E-state index in [4.69, 9.17) is 9.26 Å². The lowest BCUT2D eigenvalue weighted by molar-refractivity contribution is -0.123. The van der Waals surface area contributed by atoms with Gasteiger partial charge < -0.3 is 19.1 Å². The molecule has 1 aromatic carbocycles. The zero-order valence-electron chi connectivity index (χ0n) is 16.4. The van der Waals surface area contributed by atoms with Gasteiger partial charge in [-0.05, 0) is 39.3 Å². The third kappa shape index (κ3) is 4.31. The van der Waals surface area contributed by atoms with Crippen LogP contribution in [-0.4, -0.2) is 27.7 Å². The fourth-order valence-corrected chi connectivity index (χ4v) is 2.95. The molecule has 0 fully saturated rings. The lowest BCUT2D eigenvalue weighted by Crippen LogP contribution is -2.30. The number of carbonyl (C=O) groups excluding carboxylic acids is 2. The van der Waals surface area contributed by atoms with Crippen LogP contribution >= 0.6 is 0 Å². The van der Waals surface area contributed by atoms with Gasteiger partial charge in [0.25, 0.3) is 5.91 Å². The molecular formula is C21H23N3O4. The van der Waals surface area contributed by atoms with Crippen LogP contribution in [0.2, 0.25) is 0 Å². The Balaban J connectivity index is 1.68. The van der Waals surface area contributed by atoms with Crippen LogP contribution in [0, 0.1) is 20.8 Å². The van der Waals surface area contributed by atoms with Crippen molar-refractivity contribution in [2.75, 3.05) is 5.32 Å². The highest BCUT2D eigenvalue weighted by molar-refractivity contribution is 5.97. The van der Waals surface area contributed by atoms with Crippen molar-refractivity contribution in [3.8, 4) is 0 Å².